The van der Waals surface area contributed by atoms with E-state index in [1.165, 1.54) is 11.1 Å². The van der Waals surface area contributed by atoms with Gasteiger partial charge in [-0.1, -0.05) is 24.3 Å². The zero-order chi connectivity index (χ0) is 23.0. The third-order valence-corrected chi connectivity index (χ3v) is 5.90. The first-order chi connectivity index (χ1) is 16.1. The van der Waals surface area contributed by atoms with E-state index in [0.29, 0.717) is 25.1 Å². The molecule has 0 saturated heterocycles. The maximum atomic E-state index is 12.3. The number of para-hydroxylation sites is 2. The first-order valence-electron chi connectivity index (χ1n) is 11.4. The van der Waals surface area contributed by atoms with Gasteiger partial charge in [0.05, 0.1) is 17.6 Å². The maximum absolute atomic E-state index is 12.3. The zero-order valence-electron chi connectivity index (χ0n) is 19.3. The Bertz CT molecular complexity index is 1220. The van der Waals surface area contributed by atoms with Crippen molar-refractivity contribution in [3.63, 3.8) is 0 Å². The van der Waals surface area contributed by atoms with Crippen LogP contribution in [0.1, 0.15) is 40.2 Å². The van der Waals surface area contributed by atoms with Gasteiger partial charge in [0, 0.05) is 37.5 Å². The fraction of sp³-hybridized carbons (Fsp3) is 0.296. The number of amides is 1. The molecule has 0 unspecified atom stereocenters. The summed E-state index contributed by atoms with van der Waals surface area (Å²) in [5, 5.41) is 2.98. The Morgan fingerprint density at radius 3 is 2.67 bits per heavy atom. The minimum Gasteiger partial charge on any atom is -0.493 e. The third kappa shape index (κ3) is 5.58. The van der Waals surface area contributed by atoms with Gasteiger partial charge >= 0.3 is 0 Å². The summed E-state index contributed by atoms with van der Waals surface area (Å²) < 4.78 is 8.28. The van der Waals surface area contributed by atoms with Crippen LogP contribution in [0.15, 0.2) is 67.0 Å². The van der Waals surface area contributed by atoms with Crippen molar-refractivity contribution in [1.82, 2.24) is 19.9 Å². The number of nitrogens with zero attached hydrogens (tertiary/aromatic N) is 3. The number of rotatable bonds is 10. The average molecular weight is 443 g/mol. The molecule has 2 aromatic carbocycles. The van der Waals surface area contributed by atoms with Gasteiger partial charge in [-0.2, -0.15) is 0 Å². The van der Waals surface area contributed by atoms with Crippen LogP contribution in [0.3, 0.4) is 0 Å². The molecule has 0 aliphatic carbocycles. The summed E-state index contributed by atoms with van der Waals surface area (Å²) in [4.78, 5) is 21.1. The molecular formula is C27H30N4O2. The highest BCUT2D eigenvalue weighted by Crippen LogP contribution is 2.21. The molecule has 0 fully saturated rings. The van der Waals surface area contributed by atoms with Crippen molar-refractivity contribution in [2.24, 2.45) is 0 Å². The van der Waals surface area contributed by atoms with E-state index in [0.717, 1.165) is 42.0 Å². The first kappa shape index (κ1) is 22.5. The number of hydrogen-bond acceptors (Lipinski definition) is 4. The number of benzene rings is 2. The number of fused-ring (bicyclic) bond motifs is 1. The molecule has 4 rings (SSSR count). The van der Waals surface area contributed by atoms with E-state index in [2.05, 4.69) is 40.8 Å². The predicted molar refractivity (Wildman–Crippen MR) is 131 cm³/mol. The average Bonchev–Trinajstić information content (AvgIpc) is 3.19. The lowest BCUT2D eigenvalue weighted by Crippen LogP contribution is -2.26. The molecule has 2 heterocycles. The highest BCUT2D eigenvalue weighted by molar-refractivity contribution is 5.93. The van der Waals surface area contributed by atoms with Gasteiger partial charge in [0.1, 0.15) is 11.6 Å². The zero-order valence-corrected chi connectivity index (χ0v) is 19.3. The molecule has 0 bridgehead atoms. The Hall–Kier alpha value is -3.67. The number of nitrogens with one attached hydrogen (secondary N) is 1. The highest BCUT2D eigenvalue weighted by atomic mass is 16.5. The van der Waals surface area contributed by atoms with Crippen molar-refractivity contribution < 1.29 is 9.53 Å². The van der Waals surface area contributed by atoms with Crippen LogP contribution in [0.4, 0.5) is 0 Å². The second-order valence-corrected chi connectivity index (χ2v) is 8.16. The topological polar surface area (TPSA) is 69.0 Å². The van der Waals surface area contributed by atoms with Crippen LogP contribution in [0.25, 0.3) is 11.0 Å². The Labute approximate surface area is 194 Å². The Balaban J connectivity index is 1.34. The minimum atomic E-state index is -0.0938. The lowest BCUT2D eigenvalue weighted by Gasteiger charge is -2.12. The van der Waals surface area contributed by atoms with E-state index in [9.17, 15) is 4.79 Å². The fourth-order valence-electron chi connectivity index (χ4n) is 3.89. The summed E-state index contributed by atoms with van der Waals surface area (Å²) in [5.41, 5.74) is 5.18. The van der Waals surface area contributed by atoms with E-state index in [4.69, 9.17) is 9.72 Å². The van der Waals surface area contributed by atoms with Gasteiger partial charge in [-0.15, -0.1) is 0 Å². The summed E-state index contributed by atoms with van der Waals surface area (Å²) in [6.45, 7) is 6.29. The number of carbonyl (C=O) groups is 1. The number of imidazole rings is 1. The lowest BCUT2D eigenvalue weighted by molar-refractivity contribution is 0.0954. The van der Waals surface area contributed by atoms with Crippen molar-refractivity contribution in [1.29, 1.82) is 0 Å². The fourth-order valence-corrected chi connectivity index (χ4v) is 3.89. The molecule has 0 saturated carbocycles. The van der Waals surface area contributed by atoms with Crippen LogP contribution in [0.2, 0.25) is 0 Å². The summed E-state index contributed by atoms with van der Waals surface area (Å²) >= 11 is 0. The van der Waals surface area contributed by atoms with E-state index in [1.807, 2.05) is 30.3 Å². The van der Waals surface area contributed by atoms with Gasteiger partial charge in [-0.25, -0.2) is 4.98 Å². The first-order valence-corrected chi connectivity index (χ1v) is 11.4. The number of aryl methyl sites for hydroxylation is 2. The van der Waals surface area contributed by atoms with Crippen molar-refractivity contribution >= 4 is 16.9 Å². The third-order valence-electron chi connectivity index (χ3n) is 5.90. The monoisotopic (exact) mass is 442 g/mol. The molecule has 1 amide bonds. The molecule has 170 valence electrons. The highest BCUT2D eigenvalue weighted by Gasteiger charge is 2.11. The number of ether oxygens (including phenoxy) is 1. The van der Waals surface area contributed by atoms with Crippen LogP contribution in [-0.2, 0) is 13.0 Å². The number of unbranched alkanes of at least 4 members (excludes halogenated alkanes) is 1. The molecule has 0 aliphatic rings. The normalized spacial score (nSPS) is 11.0. The smallest absolute Gasteiger partial charge is 0.251 e. The molecule has 2 aromatic heterocycles. The van der Waals surface area contributed by atoms with E-state index in [1.54, 1.807) is 24.5 Å². The molecule has 1 N–H and O–H groups in total. The van der Waals surface area contributed by atoms with E-state index in [-0.39, 0.29) is 5.91 Å². The Morgan fingerprint density at radius 1 is 1.00 bits per heavy atom. The van der Waals surface area contributed by atoms with Crippen molar-refractivity contribution in [3.8, 4) is 5.75 Å². The predicted octanol–water partition coefficient (Wildman–Crippen LogP) is 4.88. The van der Waals surface area contributed by atoms with Crippen LogP contribution < -0.4 is 10.1 Å². The van der Waals surface area contributed by atoms with E-state index < -0.39 is 0 Å². The molecule has 0 spiro atoms. The van der Waals surface area contributed by atoms with Crippen molar-refractivity contribution in [2.75, 3.05) is 13.2 Å². The molecule has 0 radical (unpaired) electrons. The molecule has 4 aromatic rings. The van der Waals surface area contributed by atoms with Gasteiger partial charge in [-0.3, -0.25) is 9.78 Å². The summed E-state index contributed by atoms with van der Waals surface area (Å²) in [5.74, 6) is 1.86. The molecule has 0 aliphatic heterocycles. The number of carbonyl (C=O) groups excluding carboxylic acids is 1. The molecule has 0 atom stereocenters. The molecule has 6 heteroatoms. The summed E-state index contributed by atoms with van der Waals surface area (Å²) in [7, 11) is 0. The van der Waals surface area contributed by atoms with Gasteiger partial charge < -0.3 is 14.6 Å². The molecular weight excluding hydrogens is 412 g/mol. The van der Waals surface area contributed by atoms with Gasteiger partial charge in [-0.05, 0) is 68.1 Å². The SMILES string of the molecule is Cc1cccc(OCCCCn2c(CCNC(=O)c3ccncc3)nc3ccccc32)c1C. The number of aromatic nitrogens is 3. The number of pyridine rings is 1. The van der Waals surface area contributed by atoms with Crippen molar-refractivity contribution in [2.45, 2.75) is 39.7 Å². The Morgan fingerprint density at radius 2 is 1.82 bits per heavy atom. The van der Waals surface area contributed by atoms with Crippen LogP contribution in [-0.4, -0.2) is 33.6 Å². The largest absolute Gasteiger partial charge is 0.493 e. The minimum absolute atomic E-state index is 0.0938. The Kier molecular flexibility index (Phi) is 7.35. The molecule has 6 nitrogen and oxygen atoms in total. The van der Waals surface area contributed by atoms with Crippen LogP contribution in [0, 0.1) is 13.8 Å². The van der Waals surface area contributed by atoms with Gasteiger partial charge in [0.15, 0.2) is 0 Å². The van der Waals surface area contributed by atoms with Crippen molar-refractivity contribution in [3.05, 3.63) is 89.5 Å². The van der Waals surface area contributed by atoms with Crippen LogP contribution in [0.5, 0.6) is 5.75 Å². The standard InChI is InChI=1S/C27H30N4O2/c1-20-8-7-11-25(21(20)2)33-19-6-5-18-31-24-10-4-3-9-23(24)30-26(31)14-17-29-27(32)22-12-15-28-16-13-22/h3-4,7-13,15-16H,5-6,14,17-19H2,1-2H3,(H,29,32). The van der Waals surface area contributed by atoms with Crippen LogP contribution >= 0.6 is 0 Å². The van der Waals surface area contributed by atoms with E-state index >= 15 is 0 Å². The lowest BCUT2D eigenvalue weighted by atomic mass is 10.1. The quantitative estimate of drug-likeness (QED) is 0.356. The molecule has 33 heavy (non-hydrogen) atoms. The summed E-state index contributed by atoms with van der Waals surface area (Å²) in [6.07, 6.45) is 5.86. The summed E-state index contributed by atoms with van der Waals surface area (Å²) in [6, 6.07) is 17.8. The second kappa shape index (κ2) is 10.8. The number of hydrogen-bond donors (Lipinski definition) is 1. The second-order valence-electron chi connectivity index (χ2n) is 8.16. The maximum Gasteiger partial charge on any atom is 0.251 e. The van der Waals surface area contributed by atoms with Gasteiger partial charge in [0.25, 0.3) is 5.91 Å². The van der Waals surface area contributed by atoms with Gasteiger partial charge in [0.2, 0.25) is 0 Å².